The SMILES string of the molecule is O=c1[nH]c(=O)n([C@@H]2O[C@H](CO)C(O)[C@H]2O)cc1O. The van der Waals surface area contributed by atoms with Gasteiger partial charge < -0.3 is 25.2 Å². The summed E-state index contributed by atoms with van der Waals surface area (Å²) in [5.74, 6) is -0.729. The first-order valence-electron chi connectivity index (χ1n) is 5.12. The van der Waals surface area contributed by atoms with Crippen LogP contribution in [-0.4, -0.2) is 54.9 Å². The van der Waals surface area contributed by atoms with E-state index in [0.29, 0.717) is 0 Å². The van der Waals surface area contributed by atoms with E-state index in [9.17, 15) is 24.9 Å². The van der Waals surface area contributed by atoms with E-state index >= 15 is 0 Å². The monoisotopic (exact) mass is 260 g/mol. The van der Waals surface area contributed by atoms with Crippen molar-refractivity contribution >= 4 is 0 Å². The first-order chi connectivity index (χ1) is 8.45. The molecule has 2 heterocycles. The van der Waals surface area contributed by atoms with Crippen LogP contribution in [0.5, 0.6) is 5.75 Å². The zero-order chi connectivity index (χ0) is 13.4. The second kappa shape index (κ2) is 4.53. The molecular formula is C9H12N2O7. The molecule has 18 heavy (non-hydrogen) atoms. The van der Waals surface area contributed by atoms with E-state index in [1.165, 1.54) is 0 Å². The quantitative estimate of drug-likeness (QED) is 0.377. The number of aromatic nitrogens is 2. The summed E-state index contributed by atoms with van der Waals surface area (Å²) in [5, 5.41) is 37.3. The van der Waals surface area contributed by atoms with Gasteiger partial charge in [0.15, 0.2) is 12.0 Å². The highest BCUT2D eigenvalue weighted by Gasteiger charge is 2.43. The molecular weight excluding hydrogens is 248 g/mol. The molecule has 9 heteroatoms. The molecule has 5 N–H and O–H groups in total. The van der Waals surface area contributed by atoms with E-state index in [0.717, 1.165) is 10.8 Å². The number of ether oxygens (including phenoxy) is 1. The van der Waals surface area contributed by atoms with Gasteiger partial charge in [-0.2, -0.15) is 0 Å². The number of aliphatic hydroxyl groups excluding tert-OH is 3. The van der Waals surface area contributed by atoms with E-state index in [4.69, 9.17) is 9.84 Å². The van der Waals surface area contributed by atoms with Gasteiger partial charge in [0.1, 0.15) is 18.3 Å². The van der Waals surface area contributed by atoms with Crippen LogP contribution in [0, 0.1) is 0 Å². The number of hydrogen-bond donors (Lipinski definition) is 5. The van der Waals surface area contributed by atoms with Gasteiger partial charge in [-0.3, -0.25) is 14.3 Å². The molecule has 0 spiro atoms. The molecule has 0 radical (unpaired) electrons. The topological polar surface area (TPSA) is 145 Å². The molecule has 1 aromatic rings. The molecule has 1 aliphatic heterocycles. The van der Waals surface area contributed by atoms with Crippen LogP contribution >= 0.6 is 0 Å². The number of rotatable bonds is 2. The zero-order valence-electron chi connectivity index (χ0n) is 9.05. The van der Waals surface area contributed by atoms with Crippen molar-refractivity contribution < 1.29 is 25.2 Å². The Balaban J connectivity index is 2.42. The third-order valence-corrected chi connectivity index (χ3v) is 2.74. The summed E-state index contributed by atoms with van der Waals surface area (Å²) >= 11 is 0. The molecule has 1 aromatic heterocycles. The summed E-state index contributed by atoms with van der Waals surface area (Å²) < 4.78 is 5.81. The van der Waals surface area contributed by atoms with Gasteiger partial charge >= 0.3 is 5.69 Å². The standard InChI is InChI=1S/C9H12N2O7/c12-2-4-5(14)6(15)8(18-4)11-1-3(13)7(16)10-9(11)17/h1,4-6,8,12-15H,2H2,(H,10,16,17)/t4-,5?,6-,8-/m1/s1. The van der Waals surface area contributed by atoms with Crippen molar-refractivity contribution in [2.24, 2.45) is 0 Å². The van der Waals surface area contributed by atoms with Gasteiger partial charge in [-0.1, -0.05) is 0 Å². The number of aliphatic hydroxyl groups is 3. The Hall–Kier alpha value is -1.68. The zero-order valence-corrected chi connectivity index (χ0v) is 9.05. The Morgan fingerprint density at radius 1 is 1.33 bits per heavy atom. The third-order valence-electron chi connectivity index (χ3n) is 2.74. The van der Waals surface area contributed by atoms with Gasteiger partial charge in [0.2, 0.25) is 0 Å². The van der Waals surface area contributed by atoms with Gasteiger partial charge in [0.25, 0.3) is 5.56 Å². The lowest BCUT2D eigenvalue weighted by Crippen LogP contribution is -2.37. The van der Waals surface area contributed by atoms with Crippen molar-refractivity contribution in [1.29, 1.82) is 0 Å². The maximum Gasteiger partial charge on any atom is 0.330 e. The average molecular weight is 260 g/mol. The Kier molecular flexibility index (Phi) is 3.22. The summed E-state index contributed by atoms with van der Waals surface area (Å²) in [6.07, 6.45) is -4.40. The predicted molar refractivity (Wildman–Crippen MR) is 56.0 cm³/mol. The molecule has 0 saturated carbocycles. The molecule has 2 rings (SSSR count). The summed E-state index contributed by atoms with van der Waals surface area (Å²) in [7, 11) is 0. The van der Waals surface area contributed by atoms with Gasteiger partial charge in [-0.15, -0.1) is 0 Å². The summed E-state index contributed by atoms with van der Waals surface area (Å²) in [4.78, 5) is 24.3. The highest BCUT2D eigenvalue weighted by atomic mass is 16.6. The van der Waals surface area contributed by atoms with Gasteiger partial charge in [-0.05, 0) is 0 Å². The van der Waals surface area contributed by atoms with Crippen molar-refractivity contribution in [3.8, 4) is 5.75 Å². The van der Waals surface area contributed by atoms with Crippen molar-refractivity contribution in [3.05, 3.63) is 27.0 Å². The molecule has 0 aromatic carbocycles. The molecule has 0 bridgehead atoms. The lowest BCUT2D eigenvalue weighted by Gasteiger charge is -2.16. The summed E-state index contributed by atoms with van der Waals surface area (Å²) in [6, 6.07) is 0. The van der Waals surface area contributed by atoms with Gasteiger partial charge in [-0.25, -0.2) is 4.79 Å². The number of H-pyrrole nitrogens is 1. The van der Waals surface area contributed by atoms with Crippen molar-refractivity contribution in [2.45, 2.75) is 24.5 Å². The summed E-state index contributed by atoms with van der Waals surface area (Å²) in [5.41, 5.74) is -1.88. The number of nitrogens with zero attached hydrogens (tertiary/aromatic N) is 1. The van der Waals surface area contributed by atoms with E-state index < -0.39 is 48.1 Å². The normalized spacial score (nSPS) is 31.7. The molecule has 1 fully saturated rings. The number of aromatic amines is 1. The minimum absolute atomic E-state index is 0.543. The third kappa shape index (κ3) is 1.93. The van der Waals surface area contributed by atoms with Gasteiger partial charge in [0.05, 0.1) is 12.8 Å². The molecule has 0 aliphatic carbocycles. The maximum absolute atomic E-state index is 11.5. The smallest absolute Gasteiger partial charge is 0.330 e. The average Bonchev–Trinajstić information content (AvgIpc) is 2.61. The van der Waals surface area contributed by atoms with Crippen LogP contribution < -0.4 is 11.2 Å². The summed E-state index contributed by atoms with van der Waals surface area (Å²) in [6.45, 7) is -0.543. The van der Waals surface area contributed by atoms with Crippen LogP contribution in [-0.2, 0) is 4.74 Å². The fourth-order valence-electron chi connectivity index (χ4n) is 1.77. The fourth-order valence-corrected chi connectivity index (χ4v) is 1.77. The molecule has 100 valence electrons. The minimum Gasteiger partial charge on any atom is -0.502 e. The lowest BCUT2D eigenvalue weighted by molar-refractivity contribution is -0.0552. The van der Waals surface area contributed by atoms with Crippen LogP contribution in [0.3, 0.4) is 0 Å². The maximum atomic E-state index is 11.5. The molecule has 1 aliphatic rings. The molecule has 0 amide bonds. The lowest BCUT2D eigenvalue weighted by atomic mass is 10.1. The van der Waals surface area contributed by atoms with Crippen LogP contribution in [0.1, 0.15) is 6.23 Å². The van der Waals surface area contributed by atoms with Gasteiger partial charge in [0, 0.05) is 0 Å². The first-order valence-corrected chi connectivity index (χ1v) is 5.12. The fraction of sp³-hybridized carbons (Fsp3) is 0.556. The first kappa shape index (κ1) is 12.8. The van der Waals surface area contributed by atoms with E-state index in [2.05, 4.69) is 0 Å². The molecule has 1 saturated heterocycles. The molecule has 1 unspecified atom stereocenters. The second-order valence-corrected chi connectivity index (χ2v) is 3.91. The largest absolute Gasteiger partial charge is 0.502 e. The molecule has 9 nitrogen and oxygen atoms in total. The Labute approximate surface area is 99.5 Å². The van der Waals surface area contributed by atoms with Crippen molar-refractivity contribution in [1.82, 2.24) is 9.55 Å². The van der Waals surface area contributed by atoms with Crippen LogP contribution in [0.15, 0.2) is 15.8 Å². The van der Waals surface area contributed by atoms with Crippen LogP contribution in [0.25, 0.3) is 0 Å². The van der Waals surface area contributed by atoms with Crippen LogP contribution in [0.4, 0.5) is 0 Å². The highest BCUT2D eigenvalue weighted by Crippen LogP contribution is 2.28. The minimum atomic E-state index is -1.47. The highest BCUT2D eigenvalue weighted by molar-refractivity contribution is 5.10. The van der Waals surface area contributed by atoms with E-state index in [1.54, 1.807) is 0 Å². The number of hydrogen-bond acceptors (Lipinski definition) is 7. The Bertz CT molecular complexity index is 551. The molecule has 4 atom stereocenters. The van der Waals surface area contributed by atoms with E-state index in [-0.39, 0.29) is 0 Å². The van der Waals surface area contributed by atoms with E-state index in [1.807, 2.05) is 4.98 Å². The van der Waals surface area contributed by atoms with Crippen LogP contribution in [0.2, 0.25) is 0 Å². The van der Waals surface area contributed by atoms with Crippen molar-refractivity contribution in [3.63, 3.8) is 0 Å². The predicted octanol–water partition coefficient (Wildman–Crippen LogP) is -3.15. The number of nitrogens with one attached hydrogen (secondary N) is 1. The Morgan fingerprint density at radius 3 is 2.56 bits per heavy atom. The number of aromatic hydroxyl groups is 1. The van der Waals surface area contributed by atoms with Crippen molar-refractivity contribution in [2.75, 3.05) is 6.61 Å². The Morgan fingerprint density at radius 2 is 2.00 bits per heavy atom. The second-order valence-electron chi connectivity index (χ2n) is 3.91.